The van der Waals surface area contributed by atoms with Gasteiger partial charge in [-0.25, -0.2) is 0 Å². The molecule has 0 saturated carbocycles. The van der Waals surface area contributed by atoms with Gasteiger partial charge in [0.05, 0.1) is 6.10 Å². The zero-order chi connectivity index (χ0) is 21.3. The first-order valence-corrected chi connectivity index (χ1v) is 10.2. The fourth-order valence-electron chi connectivity index (χ4n) is 3.15. The summed E-state index contributed by atoms with van der Waals surface area (Å²) >= 11 is 5.93. The molecular formula is C23H29ClO5. The van der Waals surface area contributed by atoms with Gasteiger partial charge in [-0.2, -0.15) is 0 Å². The lowest BCUT2D eigenvalue weighted by Gasteiger charge is -2.23. The summed E-state index contributed by atoms with van der Waals surface area (Å²) < 4.78 is 5.62. The van der Waals surface area contributed by atoms with E-state index in [-0.39, 0.29) is 24.9 Å². The van der Waals surface area contributed by atoms with E-state index in [2.05, 4.69) is 0 Å². The summed E-state index contributed by atoms with van der Waals surface area (Å²) in [5, 5.41) is 30.0. The highest BCUT2D eigenvalue weighted by Gasteiger charge is 2.28. The molecule has 29 heavy (non-hydrogen) atoms. The number of carboxylic acids is 1. The number of carbonyl (C=O) groups is 1. The zero-order valence-corrected chi connectivity index (χ0v) is 17.3. The number of rotatable bonds is 11. The lowest BCUT2D eigenvalue weighted by atomic mass is 9.89. The summed E-state index contributed by atoms with van der Waals surface area (Å²) in [6.07, 6.45) is 12.9. The first-order chi connectivity index (χ1) is 13.8. The Morgan fingerprint density at radius 3 is 2.83 bits per heavy atom. The highest BCUT2D eigenvalue weighted by Crippen LogP contribution is 2.31. The van der Waals surface area contributed by atoms with E-state index in [9.17, 15) is 15.0 Å². The third kappa shape index (κ3) is 8.44. The smallest absolute Gasteiger partial charge is 0.303 e. The molecule has 4 atom stereocenters. The summed E-state index contributed by atoms with van der Waals surface area (Å²) in [6, 6.07) is 6.99. The molecule has 0 aromatic heterocycles. The van der Waals surface area contributed by atoms with Crippen molar-refractivity contribution in [1.29, 1.82) is 0 Å². The molecule has 0 bridgehead atoms. The van der Waals surface area contributed by atoms with Gasteiger partial charge < -0.3 is 20.1 Å². The van der Waals surface area contributed by atoms with Crippen molar-refractivity contribution >= 4 is 17.6 Å². The van der Waals surface area contributed by atoms with Crippen molar-refractivity contribution in [2.45, 2.75) is 44.3 Å². The molecule has 1 aromatic carbocycles. The van der Waals surface area contributed by atoms with E-state index in [1.54, 1.807) is 43.3 Å². The van der Waals surface area contributed by atoms with E-state index in [1.807, 2.05) is 24.3 Å². The Kier molecular flexibility index (Phi) is 8.96. The summed E-state index contributed by atoms with van der Waals surface area (Å²) in [5.74, 6) is -0.200. The molecule has 1 aliphatic carbocycles. The van der Waals surface area contributed by atoms with Crippen LogP contribution < -0.4 is 4.74 Å². The van der Waals surface area contributed by atoms with Crippen LogP contribution in [0, 0.1) is 11.8 Å². The van der Waals surface area contributed by atoms with E-state index in [4.69, 9.17) is 21.4 Å². The Labute approximate surface area is 177 Å². The van der Waals surface area contributed by atoms with Gasteiger partial charge in [0.2, 0.25) is 0 Å². The predicted molar refractivity (Wildman–Crippen MR) is 114 cm³/mol. The molecule has 0 heterocycles. The van der Waals surface area contributed by atoms with Gasteiger partial charge in [-0.15, -0.1) is 0 Å². The number of halogens is 1. The number of hydrogen-bond acceptors (Lipinski definition) is 4. The molecule has 0 aliphatic heterocycles. The number of carboxylic acid groups (broad SMARTS) is 1. The van der Waals surface area contributed by atoms with Gasteiger partial charge in [0, 0.05) is 17.4 Å². The van der Waals surface area contributed by atoms with Gasteiger partial charge in [-0.1, -0.05) is 54.1 Å². The predicted octanol–water partition coefficient (Wildman–Crippen LogP) is 4.39. The molecule has 0 saturated heterocycles. The maximum atomic E-state index is 10.6. The molecule has 2 rings (SSSR count). The molecule has 0 amide bonds. The summed E-state index contributed by atoms with van der Waals surface area (Å²) in [7, 11) is 0. The Hall–Kier alpha value is -2.08. The standard InChI is InChI=1S/C23H29ClO5/c1-23(28,16-29-19-9-6-8-18(24)15-19)14-13-20-17(11-12-21(20)25)7-4-2-3-5-10-22(26)27/h2,4,6,8-9,11-15,17,20-21,25,28H,3,5,7,10,16H2,1H3,(H,26,27)/t17-,20+,21+,23?/m0/s1. The molecule has 1 aromatic rings. The van der Waals surface area contributed by atoms with Gasteiger partial charge in [0.15, 0.2) is 0 Å². The van der Waals surface area contributed by atoms with Crippen molar-refractivity contribution in [2.75, 3.05) is 6.61 Å². The van der Waals surface area contributed by atoms with E-state index in [0.29, 0.717) is 17.2 Å². The molecular weight excluding hydrogens is 392 g/mol. The van der Waals surface area contributed by atoms with E-state index in [1.165, 1.54) is 0 Å². The van der Waals surface area contributed by atoms with Gasteiger partial charge in [0.25, 0.3) is 0 Å². The fraction of sp³-hybridized carbons (Fsp3) is 0.435. The second kappa shape index (κ2) is 11.2. The van der Waals surface area contributed by atoms with Crippen LogP contribution in [0.4, 0.5) is 0 Å². The quantitative estimate of drug-likeness (QED) is 0.365. The number of hydrogen-bond donors (Lipinski definition) is 3. The van der Waals surface area contributed by atoms with Gasteiger partial charge in [-0.3, -0.25) is 4.79 Å². The summed E-state index contributed by atoms with van der Waals surface area (Å²) in [5.41, 5.74) is -1.19. The van der Waals surface area contributed by atoms with Crippen LogP contribution >= 0.6 is 11.6 Å². The number of benzene rings is 1. The van der Waals surface area contributed by atoms with Gasteiger partial charge in [0.1, 0.15) is 18.0 Å². The van der Waals surface area contributed by atoms with E-state index in [0.717, 1.165) is 12.8 Å². The van der Waals surface area contributed by atoms with Crippen LogP contribution in [0.25, 0.3) is 0 Å². The Morgan fingerprint density at radius 1 is 1.31 bits per heavy atom. The number of aliphatic carboxylic acids is 1. The number of unbranched alkanes of at least 4 members (excludes halogenated alkanes) is 1. The number of aliphatic hydroxyl groups excluding tert-OH is 1. The van der Waals surface area contributed by atoms with Gasteiger partial charge >= 0.3 is 5.97 Å². The normalized spacial score (nSPS) is 23.7. The van der Waals surface area contributed by atoms with Crippen molar-refractivity contribution in [2.24, 2.45) is 11.8 Å². The lowest BCUT2D eigenvalue weighted by Crippen LogP contribution is -2.30. The third-order valence-electron chi connectivity index (χ3n) is 4.79. The zero-order valence-electron chi connectivity index (χ0n) is 16.6. The number of aliphatic hydroxyl groups is 2. The molecule has 0 fully saturated rings. The van der Waals surface area contributed by atoms with E-state index < -0.39 is 17.7 Å². The van der Waals surface area contributed by atoms with Crippen molar-refractivity contribution in [3.63, 3.8) is 0 Å². The van der Waals surface area contributed by atoms with Crippen molar-refractivity contribution < 1.29 is 24.9 Å². The Balaban J connectivity index is 1.85. The highest BCUT2D eigenvalue weighted by molar-refractivity contribution is 6.30. The average Bonchev–Trinajstić information content (AvgIpc) is 3.01. The van der Waals surface area contributed by atoms with E-state index >= 15 is 0 Å². The SMILES string of the molecule is CC(O)(C=C[C@H]1[C@H](O)C=C[C@@H]1CC=CCCCC(=O)O)COc1cccc(Cl)c1. The lowest BCUT2D eigenvalue weighted by molar-refractivity contribution is -0.137. The molecule has 6 heteroatoms. The number of allylic oxidation sites excluding steroid dienone is 3. The number of ether oxygens (including phenoxy) is 1. The van der Waals surface area contributed by atoms with Crippen LogP contribution in [0.3, 0.4) is 0 Å². The highest BCUT2D eigenvalue weighted by atomic mass is 35.5. The topological polar surface area (TPSA) is 87.0 Å². The minimum Gasteiger partial charge on any atom is -0.490 e. The Morgan fingerprint density at radius 2 is 2.10 bits per heavy atom. The second-order valence-corrected chi connectivity index (χ2v) is 8.01. The molecule has 3 N–H and O–H groups in total. The van der Waals surface area contributed by atoms with Crippen LogP contribution in [-0.4, -0.2) is 39.6 Å². The largest absolute Gasteiger partial charge is 0.490 e. The third-order valence-corrected chi connectivity index (χ3v) is 5.02. The van der Waals surface area contributed by atoms with Crippen molar-refractivity contribution in [3.05, 3.63) is 65.7 Å². The monoisotopic (exact) mass is 420 g/mol. The molecule has 158 valence electrons. The molecule has 1 aliphatic rings. The Bertz CT molecular complexity index is 753. The summed E-state index contributed by atoms with van der Waals surface area (Å²) in [4.78, 5) is 10.5. The maximum absolute atomic E-state index is 10.6. The van der Waals surface area contributed by atoms with Crippen LogP contribution in [0.15, 0.2) is 60.7 Å². The van der Waals surface area contributed by atoms with Crippen LogP contribution in [0.1, 0.15) is 32.6 Å². The summed E-state index contributed by atoms with van der Waals surface area (Å²) in [6.45, 7) is 1.72. The molecule has 0 radical (unpaired) electrons. The van der Waals surface area contributed by atoms with Crippen molar-refractivity contribution in [1.82, 2.24) is 0 Å². The molecule has 5 nitrogen and oxygen atoms in total. The van der Waals surface area contributed by atoms with Crippen LogP contribution in [0.2, 0.25) is 5.02 Å². The first-order valence-electron chi connectivity index (χ1n) is 9.80. The maximum Gasteiger partial charge on any atom is 0.303 e. The average molecular weight is 421 g/mol. The first kappa shape index (κ1) is 23.2. The van der Waals surface area contributed by atoms with Gasteiger partial charge in [-0.05, 0) is 50.3 Å². The molecule has 1 unspecified atom stereocenters. The minimum absolute atomic E-state index is 0.0637. The van der Waals surface area contributed by atoms with Crippen LogP contribution in [-0.2, 0) is 4.79 Å². The fourth-order valence-corrected chi connectivity index (χ4v) is 3.33. The minimum atomic E-state index is -1.19. The van der Waals surface area contributed by atoms with Crippen molar-refractivity contribution in [3.8, 4) is 5.75 Å². The molecule has 0 spiro atoms. The van der Waals surface area contributed by atoms with Crippen LogP contribution in [0.5, 0.6) is 5.75 Å². The second-order valence-electron chi connectivity index (χ2n) is 7.57.